The van der Waals surface area contributed by atoms with E-state index < -0.39 is 0 Å². The zero-order chi connectivity index (χ0) is 20.9. The van der Waals surface area contributed by atoms with Crippen molar-refractivity contribution in [2.75, 3.05) is 17.7 Å². The van der Waals surface area contributed by atoms with Crippen LogP contribution in [-0.2, 0) is 22.4 Å². The molecule has 1 amide bonds. The third-order valence-electron chi connectivity index (χ3n) is 4.34. The molecule has 1 aliphatic carbocycles. The third-order valence-corrected chi connectivity index (χ3v) is 7.20. The quantitative estimate of drug-likeness (QED) is 0.382. The molecule has 0 aromatic carbocycles. The fourth-order valence-electron chi connectivity index (χ4n) is 3.09. The highest BCUT2D eigenvalue weighted by Gasteiger charge is 2.28. The van der Waals surface area contributed by atoms with Gasteiger partial charge in [-0.3, -0.25) is 4.79 Å². The molecule has 156 valence electrons. The summed E-state index contributed by atoms with van der Waals surface area (Å²) in [5, 5.41) is 13.6. The number of hydrogen-bond acceptors (Lipinski definition) is 9. The summed E-state index contributed by atoms with van der Waals surface area (Å²) in [5.74, 6) is -0.134. The number of carbonyl (C=O) groups excluding carboxylic acids is 2. The van der Waals surface area contributed by atoms with Gasteiger partial charge in [-0.1, -0.05) is 17.8 Å². The SMILES string of the molecule is CCOC(=O)c1c(NC(=O)CSc2nnc(C=Cc3cccs3)o2)sc2c1CCC2. The zero-order valence-corrected chi connectivity index (χ0v) is 18.6. The first kappa shape index (κ1) is 20.8. The first-order chi connectivity index (χ1) is 14.6. The minimum absolute atomic E-state index is 0.0983. The summed E-state index contributed by atoms with van der Waals surface area (Å²) in [6.07, 6.45) is 6.43. The van der Waals surface area contributed by atoms with Gasteiger partial charge in [-0.05, 0) is 49.3 Å². The van der Waals surface area contributed by atoms with E-state index in [1.165, 1.54) is 11.3 Å². The van der Waals surface area contributed by atoms with Crippen molar-refractivity contribution >= 4 is 63.5 Å². The number of anilines is 1. The van der Waals surface area contributed by atoms with Crippen LogP contribution in [0.15, 0.2) is 27.2 Å². The molecule has 1 N–H and O–H groups in total. The van der Waals surface area contributed by atoms with Crippen molar-refractivity contribution in [3.8, 4) is 0 Å². The molecular formula is C20H19N3O4S3. The van der Waals surface area contributed by atoms with Crippen LogP contribution in [0.5, 0.6) is 0 Å². The monoisotopic (exact) mass is 461 g/mol. The minimum Gasteiger partial charge on any atom is -0.462 e. The summed E-state index contributed by atoms with van der Waals surface area (Å²) >= 11 is 4.22. The molecular weight excluding hydrogens is 442 g/mol. The van der Waals surface area contributed by atoms with E-state index in [9.17, 15) is 9.59 Å². The number of aromatic nitrogens is 2. The molecule has 0 fully saturated rings. The number of amides is 1. The van der Waals surface area contributed by atoms with Gasteiger partial charge in [0.2, 0.25) is 11.8 Å². The Morgan fingerprint density at radius 2 is 2.23 bits per heavy atom. The fraction of sp³-hybridized carbons (Fsp3) is 0.300. The molecule has 10 heteroatoms. The maximum absolute atomic E-state index is 12.5. The first-order valence-corrected chi connectivity index (χ1v) is 12.1. The van der Waals surface area contributed by atoms with E-state index in [1.54, 1.807) is 24.3 Å². The van der Waals surface area contributed by atoms with Crippen molar-refractivity contribution in [1.29, 1.82) is 0 Å². The van der Waals surface area contributed by atoms with Crippen LogP contribution in [0.1, 0.15) is 44.9 Å². The lowest BCUT2D eigenvalue weighted by atomic mass is 10.1. The van der Waals surface area contributed by atoms with E-state index in [0.29, 0.717) is 28.3 Å². The molecule has 1 aliphatic rings. The molecule has 3 aromatic heterocycles. The fourth-order valence-corrected chi connectivity index (χ4v) is 5.57. The van der Waals surface area contributed by atoms with E-state index in [1.807, 2.05) is 23.6 Å². The molecule has 0 saturated heterocycles. The molecule has 7 nitrogen and oxygen atoms in total. The van der Waals surface area contributed by atoms with Gasteiger partial charge in [0.05, 0.1) is 17.9 Å². The topological polar surface area (TPSA) is 94.3 Å². The van der Waals surface area contributed by atoms with E-state index in [-0.39, 0.29) is 17.6 Å². The van der Waals surface area contributed by atoms with Crippen molar-refractivity contribution in [3.63, 3.8) is 0 Å². The number of nitrogens with one attached hydrogen (secondary N) is 1. The van der Waals surface area contributed by atoms with Crippen molar-refractivity contribution < 1.29 is 18.7 Å². The molecule has 4 rings (SSSR count). The number of rotatable bonds is 8. The highest BCUT2D eigenvalue weighted by atomic mass is 32.2. The number of hydrogen-bond donors (Lipinski definition) is 1. The Morgan fingerprint density at radius 3 is 3.03 bits per heavy atom. The Kier molecular flexibility index (Phi) is 6.66. The Bertz CT molecular complexity index is 1070. The molecule has 30 heavy (non-hydrogen) atoms. The van der Waals surface area contributed by atoms with E-state index in [4.69, 9.17) is 9.15 Å². The molecule has 0 unspecified atom stereocenters. The Balaban J connectivity index is 1.36. The van der Waals surface area contributed by atoms with Gasteiger partial charge in [-0.2, -0.15) is 0 Å². The summed E-state index contributed by atoms with van der Waals surface area (Å²) in [7, 11) is 0. The molecule has 0 bridgehead atoms. The minimum atomic E-state index is -0.376. The lowest BCUT2D eigenvalue weighted by Gasteiger charge is -2.07. The lowest BCUT2D eigenvalue weighted by molar-refractivity contribution is -0.113. The number of nitrogens with zero attached hydrogens (tertiary/aromatic N) is 2. The summed E-state index contributed by atoms with van der Waals surface area (Å²) in [6.45, 7) is 2.07. The highest BCUT2D eigenvalue weighted by molar-refractivity contribution is 7.99. The van der Waals surface area contributed by atoms with Gasteiger partial charge < -0.3 is 14.5 Å². The molecule has 0 saturated carbocycles. The molecule has 0 aliphatic heterocycles. The van der Waals surface area contributed by atoms with E-state index >= 15 is 0 Å². The van der Waals surface area contributed by atoms with Crippen LogP contribution in [0.4, 0.5) is 5.00 Å². The average molecular weight is 462 g/mol. The number of thioether (sulfide) groups is 1. The first-order valence-electron chi connectivity index (χ1n) is 9.43. The third kappa shape index (κ3) is 4.82. The molecule has 0 spiro atoms. The van der Waals surface area contributed by atoms with Gasteiger partial charge in [0, 0.05) is 15.8 Å². The summed E-state index contributed by atoms with van der Waals surface area (Å²) in [5.41, 5.74) is 1.52. The number of thiophene rings is 2. The number of ether oxygens (including phenoxy) is 1. The number of aryl methyl sites for hydroxylation is 1. The molecule has 3 heterocycles. The van der Waals surface area contributed by atoms with Crippen LogP contribution in [0.2, 0.25) is 0 Å². The number of esters is 1. The van der Waals surface area contributed by atoms with Gasteiger partial charge in [-0.15, -0.1) is 32.9 Å². The second kappa shape index (κ2) is 9.59. The molecule has 3 aromatic rings. The second-order valence-corrected chi connectivity index (χ2v) is 9.38. The van der Waals surface area contributed by atoms with Crippen LogP contribution in [0.25, 0.3) is 12.2 Å². The summed E-state index contributed by atoms with van der Waals surface area (Å²) in [6, 6.07) is 3.95. The van der Waals surface area contributed by atoms with Crippen LogP contribution >= 0.6 is 34.4 Å². The average Bonchev–Trinajstić information content (AvgIpc) is 3.49. The van der Waals surface area contributed by atoms with Gasteiger partial charge in [0.25, 0.3) is 5.22 Å². The number of fused-ring (bicyclic) bond motifs is 1. The standard InChI is InChI=1S/C20H19N3O4S3/c1-2-26-19(25)17-13-6-3-7-14(13)30-18(17)21-15(24)11-29-20-23-22-16(27-20)9-8-12-5-4-10-28-12/h4-5,8-10H,2-3,6-7,11H2,1H3,(H,21,24). The van der Waals surface area contributed by atoms with E-state index in [0.717, 1.165) is 46.3 Å². The summed E-state index contributed by atoms with van der Waals surface area (Å²) < 4.78 is 10.7. The largest absolute Gasteiger partial charge is 0.462 e. The van der Waals surface area contributed by atoms with Crippen LogP contribution < -0.4 is 5.32 Å². The normalized spacial score (nSPS) is 13.0. The van der Waals surface area contributed by atoms with Crippen molar-refractivity contribution in [2.24, 2.45) is 0 Å². The Hall–Kier alpha value is -2.43. The van der Waals surface area contributed by atoms with Crippen LogP contribution in [-0.4, -0.2) is 34.4 Å². The van der Waals surface area contributed by atoms with Crippen molar-refractivity contribution in [1.82, 2.24) is 10.2 Å². The predicted octanol–water partition coefficient (Wildman–Crippen LogP) is 4.76. The lowest BCUT2D eigenvalue weighted by Crippen LogP contribution is -2.16. The maximum Gasteiger partial charge on any atom is 0.341 e. The van der Waals surface area contributed by atoms with Crippen LogP contribution in [0, 0.1) is 0 Å². The molecule has 0 radical (unpaired) electrons. The van der Waals surface area contributed by atoms with Gasteiger partial charge in [0.15, 0.2) is 0 Å². The predicted molar refractivity (Wildman–Crippen MR) is 119 cm³/mol. The van der Waals surface area contributed by atoms with Gasteiger partial charge in [0.1, 0.15) is 5.00 Å². The highest BCUT2D eigenvalue weighted by Crippen LogP contribution is 2.39. The van der Waals surface area contributed by atoms with Gasteiger partial charge >= 0.3 is 5.97 Å². The van der Waals surface area contributed by atoms with Gasteiger partial charge in [-0.25, -0.2) is 4.79 Å². The smallest absolute Gasteiger partial charge is 0.341 e. The Morgan fingerprint density at radius 1 is 1.33 bits per heavy atom. The summed E-state index contributed by atoms with van der Waals surface area (Å²) in [4.78, 5) is 27.1. The Labute approximate surface area is 185 Å². The van der Waals surface area contributed by atoms with Crippen LogP contribution in [0.3, 0.4) is 0 Å². The van der Waals surface area contributed by atoms with Crippen molar-refractivity contribution in [2.45, 2.75) is 31.4 Å². The number of carbonyl (C=O) groups is 2. The second-order valence-electron chi connectivity index (χ2n) is 6.37. The molecule has 0 atom stereocenters. The maximum atomic E-state index is 12.5. The zero-order valence-electron chi connectivity index (χ0n) is 16.2. The van der Waals surface area contributed by atoms with Crippen molar-refractivity contribution in [3.05, 3.63) is 44.3 Å². The van der Waals surface area contributed by atoms with E-state index in [2.05, 4.69) is 15.5 Å².